The Hall–Kier alpha value is -1.79. The van der Waals surface area contributed by atoms with E-state index in [0.29, 0.717) is 22.9 Å². The van der Waals surface area contributed by atoms with E-state index in [0.717, 1.165) is 5.75 Å². The van der Waals surface area contributed by atoms with Crippen LogP contribution in [0.4, 0.5) is 0 Å². The minimum absolute atomic E-state index is 0.118. The van der Waals surface area contributed by atoms with E-state index in [1.54, 1.807) is 30.0 Å². The number of nitrogens with one attached hydrogen (secondary N) is 2. The number of carbonyl (C=O) groups excluding carboxylic acids is 1. The molecule has 0 bridgehead atoms. The second-order valence-electron chi connectivity index (χ2n) is 4.73. The Morgan fingerprint density at radius 2 is 2.19 bits per heavy atom. The summed E-state index contributed by atoms with van der Waals surface area (Å²) in [6.45, 7) is -0.118. The molecule has 2 aromatic rings. The van der Waals surface area contributed by atoms with Gasteiger partial charge in [0.1, 0.15) is 0 Å². The smallest absolute Gasteiger partial charge is 0.252 e. The highest BCUT2D eigenvalue weighted by molar-refractivity contribution is 7.98. The number of fused-ring (bicyclic) bond motifs is 1. The van der Waals surface area contributed by atoms with Crippen LogP contribution in [0.25, 0.3) is 10.9 Å². The van der Waals surface area contributed by atoms with Gasteiger partial charge in [0.2, 0.25) is 5.56 Å². The number of pyridine rings is 1. The minimum Gasteiger partial charge on any atom is -0.394 e. The molecule has 0 aliphatic rings. The lowest BCUT2D eigenvalue weighted by atomic mass is 10.1. The third-order valence-corrected chi connectivity index (χ3v) is 3.87. The van der Waals surface area contributed by atoms with Crippen LogP contribution >= 0.6 is 11.8 Å². The first-order valence-electron chi connectivity index (χ1n) is 6.68. The number of aliphatic hydroxyl groups excluding tert-OH is 1. The zero-order chi connectivity index (χ0) is 15.2. The van der Waals surface area contributed by atoms with E-state index < -0.39 is 0 Å². The van der Waals surface area contributed by atoms with Crippen molar-refractivity contribution in [3.63, 3.8) is 0 Å². The van der Waals surface area contributed by atoms with E-state index in [9.17, 15) is 14.7 Å². The Labute approximate surface area is 126 Å². The molecule has 1 unspecified atom stereocenters. The van der Waals surface area contributed by atoms with Crippen molar-refractivity contribution in [2.75, 3.05) is 18.6 Å². The van der Waals surface area contributed by atoms with Crippen molar-refractivity contribution in [3.8, 4) is 0 Å². The van der Waals surface area contributed by atoms with Crippen molar-refractivity contribution in [3.05, 3.63) is 46.2 Å². The van der Waals surface area contributed by atoms with Gasteiger partial charge in [0.15, 0.2) is 0 Å². The van der Waals surface area contributed by atoms with Gasteiger partial charge >= 0.3 is 0 Å². The molecule has 6 heteroatoms. The van der Waals surface area contributed by atoms with Crippen LogP contribution in [-0.4, -0.2) is 40.7 Å². The predicted octanol–water partition coefficient (Wildman–Crippen LogP) is 1.37. The number of rotatable bonds is 6. The fourth-order valence-electron chi connectivity index (χ4n) is 2.12. The predicted molar refractivity (Wildman–Crippen MR) is 85.9 cm³/mol. The molecule has 1 heterocycles. The van der Waals surface area contributed by atoms with Crippen LogP contribution in [0, 0.1) is 0 Å². The summed E-state index contributed by atoms with van der Waals surface area (Å²) < 4.78 is 0. The Morgan fingerprint density at radius 3 is 2.90 bits per heavy atom. The number of thioether (sulfide) groups is 1. The lowest BCUT2D eigenvalue weighted by Gasteiger charge is -2.16. The first-order valence-corrected chi connectivity index (χ1v) is 8.08. The van der Waals surface area contributed by atoms with E-state index >= 15 is 0 Å². The number of aromatic amines is 1. The summed E-state index contributed by atoms with van der Waals surface area (Å²) >= 11 is 1.66. The number of H-pyrrole nitrogens is 1. The van der Waals surface area contributed by atoms with Crippen molar-refractivity contribution < 1.29 is 9.90 Å². The number of amides is 1. The van der Waals surface area contributed by atoms with E-state index in [-0.39, 0.29) is 24.1 Å². The molecule has 0 spiro atoms. The zero-order valence-electron chi connectivity index (χ0n) is 11.8. The number of aromatic nitrogens is 1. The van der Waals surface area contributed by atoms with Gasteiger partial charge in [-0.3, -0.25) is 9.59 Å². The van der Waals surface area contributed by atoms with Crippen LogP contribution in [0.1, 0.15) is 16.8 Å². The second kappa shape index (κ2) is 7.28. The van der Waals surface area contributed by atoms with E-state index in [2.05, 4.69) is 10.3 Å². The monoisotopic (exact) mass is 306 g/mol. The molecule has 3 N–H and O–H groups in total. The summed E-state index contributed by atoms with van der Waals surface area (Å²) in [6, 6.07) is 8.15. The molecular weight excluding hydrogens is 288 g/mol. The molecule has 0 aliphatic heterocycles. The quantitative estimate of drug-likeness (QED) is 0.753. The van der Waals surface area contributed by atoms with Gasteiger partial charge in [-0.05, 0) is 24.5 Å². The molecule has 0 saturated heterocycles. The summed E-state index contributed by atoms with van der Waals surface area (Å²) in [4.78, 5) is 26.7. The highest BCUT2D eigenvalue weighted by atomic mass is 32.2. The summed E-state index contributed by atoms with van der Waals surface area (Å²) in [6.07, 6.45) is 2.66. The third-order valence-electron chi connectivity index (χ3n) is 3.22. The first-order chi connectivity index (χ1) is 10.2. The first kappa shape index (κ1) is 15.6. The summed E-state index contributed by atoms with van der Waals surface area (Å²) in [5.74, 6) is 0.513. The lowest BCUT2D eigenvalue weighted by molar-refractivity contribution is 0.0917. The average molecular weight is 306 g/mol. The molecule has 0 saturated carbocycles. The van der Waals surface area contributed by atoms with Gasteiger partial charge < -0.3 is 15.4 Å². The fraction of sp³-hybridized carbons (Fsp3) is 0.333. The largest absolute Gasteiger partial charge is 0.394 e. The molecule has 1 aromatic heterocycles. The van der Waals surface area contributed by atoms with E-state index in [1.807, 2.05) is 12.3 Å². The highest BCUT2D eigenvalue weighted by Gasteiger charge is 2.15. The Balaban J connectivity index is 2.28. The lowest BCUT2D eigenvalue weighted by Crippen LogP contribution is -2.38. The van der Waals surface area contributed by atoms with Gasteiger partial charge in [-0.25, -0.2) is 0 Å². The molecular formula is C15H18N2O3S. The molecule has 0 fully saturated rings. The SMILES string of the molecule is CSCCC(CO)NC(=O)c1cc(=O)[nH]c2ccccc12. The van der Waals surface area contributed by atoms with E-state index in [4.69, 9.17) is 0 Å². The minimum atomic E-state index is -0.336. The highest BCUT2D eigenvalue weighted by Crippen LogP contribution is 2.14. The number of aliphatic hydroxyl groups is 1. The number of carbonyl (C=O) groups is 1. The maximum absolute atomic E-state index is 12.4. The van der Waals surface area contributed by atoms with Gasteiger partial charge in [-0.15, -0.1) is 0 Å². The molecule has 2 rings (SSSR count). The van der Waals surface area contributed by atoms with Crippen LogP contribution in [-0.2, 0) is 0 Å². The summed E-state index contributed by atoms with van der Waals surface area (Å²) in [5.41, 5.74) is 0.639. The van der Waals surface area contributed by atoms with Gasteiger partial charge in [0.25, 0.3) is 5.91 Å². The third kappa shape index (κ3) is 3.86. The molecule has 1 atom stereocenters. The van der Waals surface area contributed by atoms with Crippen molar-refractivity contribution in [1.82, 2.24) is 10.3 Å². The Kier molecular flexibility index (Phi) is 5.41. The standard InChI is InChI=1S/C15H18N2O3S/c1-21-7-6-10(9-18)16-15(20)12-8-14(19)17-13-5-3-2-4-11(12)13/h2-5,8,10,18H,6-7,9H2,1H3,(H,16,20)(H,17,19). The molecule has 1 amide bonds. The Morgan fingerprint density at radius 1 is 1.43 bits per heavy atom. The van der Waals surface area contributed by atoms with Crippen molar-refractivity contribution in [2.24, 2.45) is 0 Å². The van der Waals surface area contributed by atoms with Crippen molar-refractivity contribution >= 4 is 28.6 Å². The van der Waals surface area contributed by atoms with Crippen LogP contribution < -0.4 is 10.9 Å². The number of hydrogen-bond acceptors (Lipinski definition) is 4. The van der Waals surface area contributed by atoms with Gasteiger partial charge in [-0.2, -0.15) is 11.8 Å². The van der Waals surface area contributed by atoms with Gasteiger partial charge in [0.05, 0.1) is 18.2 Å². The van der Waals surface area contributed by atoms with Gasteiger partial charge in [0, 0.05) is 17.0 Å². The second-order valence-corrected chi connectivity index (χ2v) is 5.71. The van der Waals surface area contributed by atoms with Crippen molar-refractivity contribution in [2.45, 2.75) is 12.5 Å². The van der Waals surface area contributed by atoms with Crippen LogP contribution in [0.5, 0.6) is 0 Å². The number of para-hydroxylation sites is 1. The number of benzene rings is 1. The maximum atomic E-state index is 12.4. The average Bonchev–Trinajstić information content (AvgIpc) is 2.50. The maximum Gasteiger partial charge on any atom is 0.252 e. The van der Waals surface area contributed by atoms with Crippen LogP contribution in [0.15, 0.2) is 35.1 Å². The molecule has 21 heavy (non-hydrogen) atoms. The zero-order valence-corrected chi connectivity index (χ0v) is 12.6. The summed E-state index contributed by atoms with van der Waals surface area (Å²) in [7, 11) is 0. The van der Waals surface area contributed by atoms with Gasteiger partial charge in [-0.1, -0.05) is 18.2 Å². The summed E-state index contributed by atoms with van der Waals surface area (Å²) in [5, 5.41) is 12.8. The molecule has 112 valence electrons. The topological polar surface area (TPSA) is 82.2 Å². The fourth-order valence-corrected chi connectivity index (χ4v) is 2.65. The van der Waals surface area contributed by atoms with E-state index in [1.165, 1.54) is 6.07 Å². The molecule has 1 aromatic carbocycles. The van der Waals surface area contributed by atoms with Crippen LogP contribution in [0.2, 0.25) is 0 Å². The number of hydrogen-bond donors (Lipinski definition) is 3. The van der Waals surface area contributed by atoms with Crippen LogP contribution in [0.3, 0.4) is 0 Å². The Bertz CT molecular complexity index is 684. The van der Waals surface area contributed by atoms with Crippen molar-refractivity contribution in [1.29, 1.82) is 0 Å². The molecule has 5 nitrogen and oxygen atoms in total. The normalized spacial score (nSPS) is 12.3. The molecule has 0 aliphatic carbocycles. The molecule has 0 radical (unpaired) electrons.